The number of fused-ring (bicyclic) bond motifs is 1. The Hall–Kier alpha value is -1.32. The Kier molecular flexibility index (Phi) is 3.35. The molecule has 0 aliphatic heterocycles. The van der Waals surface area contributed by atoms with Gasteiger partial charge in [0, 0.05) is 18.3 Å². The van der Waals surface area contributed by atoms with Crippen molar-refractivity contribution >= 4 is 10.9 Å². The van der Waals surface area contributed by atoms with Gasteiger partial charge in [0.15, 0.2) is 0 Å². The minimum Gasteiger partial charge on any atom is -0.393 e. The summed E-state index contributed by atoms with van der Waals surface area (Å²) >= 11 is 0. The first-order valence-corrected chi connectivity index (χ1v) is 6.76. The van der Waals surface area contributed by atoms with Crippen LogP contribution in [0.4, 0.5) is 0 Å². The van der Waals surface area contributed by atoms with E-state index in [0.29, 0.717) is 5.92 Å². The summed E-state index contributed by atoms with van der Waals surface area (Å²) in [6.07, 6.45) is 5.00. The van der Waals surface area contributed by atoms with Crippen LogP contribution in [0.5, 0.6) is 0 Å². The number of hydrogen-bond donors (Lipinski definition) is 3. The predicted octanol–water partition coefficient (Wildman–Crippen LogP) is 2.42. The Labute approximate surface area is 107 Å². The highest BCUT2D eigenvalue weighted by molar-refractivity contribution is 5.79. The van der Waals surface area contributed by atoms with Gasteiger partial charge in [-0.1, -0.05) is 12.1 Å². The maximum absolute atomic E-state index is 9.48. The number of H-pyrrole nitrogens is 1. The molecule has 0 amide bonds. The summed E-state index contributed by atoms with van der Waals surface area (Å²) in [7, 11) is 0. The molecule has 1 heterocycles. The molecular formula is C15H20N2O. The van der Waals surface area contributed by atoms with Crippen molar-refractivity contribution in [2.75, 3.05) is 6.54 Å². The van der Waals surface area contributed by atoms with Gasteiger partial charge in [0.2, 0.25) is 0 Å². The molecule has 3 N–H and O–H groups in total. The van der Waals surface area contributed by atoms with Crippen LogP contribution in [0.3, 0.4) is 0 Å². The lowest BCUT2D eigenvalue weighted by molar-refractivity contribution is 0.177. The molecule has 0 bridgehead atoms. The summed E-state index contributed by atoms with van der Waals surface area (Å²) in [5.41, 5.74) is 2.51. The second kappa shape index (κ2) is 5.12. The Morgan fingerprint density at radius 1 is 1.28 bits per heavy atom. The summed E-state index contributed by atoms with van der Waals surface area (Å²) in [4.78, 5) is 3.24. The molecule has 1 aliphatic carbocycles. The molecule has 0 spiro atoms. The zero-order valence-corrected chi connectivity index (χ0v) is 10.5. The van der Waals surface area contributed by atoms with Crippen molar-refractivity contribution in [3.63, 3.8) is 0 Å². The van der Waals surface area contributed by atoms with Crippen LogP contribution in [0, 0.1) is 5.92 Å². The summed E-state index contributed by atoms with van der Waals surface area (Å²) in [6, 6.07) is 8.62. The number of aliphatic hydroxyl groups is 1. The lowest BCUT2D eigenvalue weighted by atomic mass is 10.1. The van der Waals surface area contributed by atoms with Crippen molar-refractivity contribution in [2.24, 2.45) is 5.92 Å². The Morgan fingerprint density at radius 2 is 2.22 bits per heavy atom. The van der Waals surface area contributed by atoms with Crippen molar-refractivity contribution in [2.45, 2.75) is 31.9 Å². The summed E-state index contributed by atoms with van der Waals surface area (Å²) < 4.78 is 0. The molecule has 0 radical (unpaired) electrons. The average Bonchev–Trinajstić information content (AvgIpc) is 2.97. The Bertz CT molecular complexity index is 520. The number of aromatic amines is 1. The van der Waals surface area contributed by atoms with E-state index in [0.717, 1.165) is 32.4 Å². The van der Waals surface area contributed by atoms with Gasteiger partial charge in [0.1, 0.15) is 0 Å². The zero-order chi connectivity index (χ0) is 12.4. The van der Waals surface area contributed by atoms with Gasteiger partial charge in [-0.15, -0.1) is 0 Å². The first-order valence-electron chi connectivity index (χ1n) is 6.76. The van der Waals surface area contributed by atoms with Gasteiger partial charge in [-0.3, -0.25) is 0 Å². The fourth-order valence-corrected chi connectivity index (χ4v) is 2.86. The Balaban J connectivity index is 1.53. The molecule has 1 aliphatic rings. The summed E-state index contributed by atoms with van der Waals surface area (Å²) in [6.45, 7) is 1.92. The normalized spacial score (nSPS) is 23.8. The lowest BCUT2D eigenvalue weighted by Gasteiger charge is -2.10. The SMILES string of the molecule is OC1CCC(CNCc2ccc3cc[nH]c3c2)C1. The zero-order valence-electron chi connectivity index (χ0n) is 10.5. The van der Waals surface area contributed by atoms with E-state index in [2.05, 4.69) is 34.6 Å². The highest BCUT2D eigenvalue weighted by Crippen LogP contribution is 2.24. The maximum atomic E-state index is 9.48. The van der Waals surface area contributed by atoms with Gasteiger partial charge in [-0.25, -0.2) is 0 Å². The van der Waals surface area contributed by atoms with Crippen LogP contribution in [0.1, 0.15) is 24.8 Å². The summed E-state index contributed by atoms with van der Waals surface area (Å²) in [5.74, 6) is 0.647. The van der Waals surface area contributed by atoms with Crippen LogP contribution in [0.15, 0.2) is 30.5 Å². The first-order chi connectivity index (χ1) is 8.81. The molecule has 2 unspecified atom stereocenters. The van der Waals surface area contributed by atoms with E-state index in [1.54, 1.807) is 0 Å². The van der Waals surface area contributed by atoms with Crippen molar-refractivity contribution in [3.05, 3.63) is 36.0 Å². The number of benzene rings is 1. The molecule has 96 valence electrons. The van der Waals surface area contributed by atoms with Gasteiger partial charge in [0.05, 0.1) is 6.10 Å². The maximum Gasteiger partial charge on any atom is 0.0543 e. The number of hydrogen-bond acceptors (Lipinski definition) is 2. The molecule has 1 aromatic carbocycles. The van der Waals surface area contributed by atoms with Gasteiger partial charge in [-0.05, 0) is 54.8 Å². The largest absolute Gasteiger partial charge is 0.393 e. The van der Waals surface area contributed by atoms with Crippen LogP contribution >= 0.6 is 0 Å². The van der Waals surface area contributed by atoms with E-state index >= 15 is 0 Å². The molecule has 0 saturated heterocycles. The molecule has 1 aromatic heterocycles. The average molecular weight is 244 g/mol. The molecule has 1 saturated carbocycles. The smallest absolute Gasteiger partial charge is 0.0543 e. The van der Waals surface area contributed by atoms with E-state index in [1.807, 2.05) is 6.20 Å². The molecule has 3 heteroatoms. The number of nitrogens with one attached hydrogen (secondary N) is 2. The van der Waals surface area contributed by atoms with E-state index in [1.165, 1.54) is 16.5 Å². The number of aromatic nitrogens is 1. The Morgan fingerprint density at radius 3 is 3.06 bits per heavy atom. The highest BCUT2D eigenvalue weighted by atomic mass is 16.3. The van der Waals surface area contributed by atoms with Crippen LogP contribution in [0.2, 0.25) is 0 Å². The minimum atomic E-state index is -0.0629. The second-order valence-electron chi connectivity index (χ2n) is 5.36. The van der Waals surface area contributed by atoms with Gasteiger partial charge in [0.25, 0.3) is 0 Å². The van der Waals surface area contributed by atoms with Crippen molar-refractivity contribution in [1.82, 2.24) is 10.3 Å². The van der Waals surface area contributed by atoms with Crippen LogP contribution in [-0.2, 0) is 6.54 Å². The predicted molar refractivity (Wildman–Crippen MR) is 73.4 cm³/mol. The van der Waals surface area contributed by atoms with Crippen LogP contribution < -0.4 is 5.32 Å². The topological polar surface area (TPSA) is 48.0 Å². The third-order valence-corrected chi connectivity index (χ3v) is 3.90. The van der Waals surface area contributed by atoms with E-state index < -0.39 is 0 Å². The third-order valence-electron chi connectivity index (χ3n) is 3.90. The number of aliphatic hydroxyl groups excluding tert-OH is 1. The van der Waals surface area contributed by atoms with E-state index in [4.69, 9.17) is 0 Å². The standard InChI is InChI=1S/C15H20N2O/c18-14-4-2-11(7-14)9-16-10-12-1-3-13-5-6-17-15(13)8-12/h1,3,5-6,8,11,14,16-18H,2,4,7,9-10H2. The summed E-state index contributed by atoms with van der Waals surface area (Å²) in [5, 5.41) is 14.2. The van der Waals surface area contributed by atoms with E-state index in [9.17, 15) is 5.11 Å². The van der Waals surface area contributed by atoms with Crippen molar-refractivity contribution < 1.29 is 5.11 Å². The van der Waals surface area contributed by atoms with Crippen LogP contribution in [0.25, 0.3) is 10.9 Å². The number of rotatable bonds is 4. The first kappa shape index (κ1) is 11.8. The molecule has 2 atom stereocenters. The highest BCUT2D eigenvalue weighted by Gasteiger charge is 2.21. The molecule has 1 fully saturated rings. The molecule has 18 heavy (non-hydrogen) atoms. The molecular weight excluding hydrogens is 224 g/mol. The minimum absolute atomic E-state index is 0.0629. The monoisotopic (exact) mass is 244 g/mol. The van der Waals surface area contributed by atoms with Gasteiger partial charge >= 0.3 is 0 Å². The van der Waals surface area contributed by atoms with Crippen molar-refractivity contribution in [1.29, 1.82) is 0 Å². The fraction of sp³-hybridized carbons (Fsp3) is 0.467. The van der Waals surface area contributed by atoms with Crippen LogP contribution in [-0.4, -0.2) is 22.7 Å². The third kappa shape index (κ3) is 2.57. The fourth-order valence-electron chi connectivity index (χ4n) is 2.86. The molecule has 3 nitrogen and oxygen atoms in total. The quantitative estimate of drug-likeness (QED) is 0.773. The lowest BCUT2D eigenvalue weighted by Crippen LogP contribution is -2.21. The second-order valence-corrected chi connectivity index (χ2v) is 5.36. The van der Waals surface area contributed by atoms with E-state index in [-0.39, 0.29) is 6.10 Å². The van der Waals surface area contributed by atoms with Crippen molar-refractivity contribution in [3.8, 4) is 0 Å². The van der Waals surface area contributed by atoms with Gasteiger partial charge < -0.3 is 15.4 Å². The molecule has 2 aromatic rings. The molecule has 3 rings (SSSR count). The van der Waals surface area contributed by atoms with Gasteiger partial charge in [-0.2, -0.15) is 0 Å².